The Morgan fingerprint density at radius 1 is 0.831 bits per heavy atom. The van der Waals surface area contributed by atoms with Gasteiger partial charge < -0.3 is 43.9 Å². The molecule has 0 bridgehead atoms. The summed E-state index contributed by atoms with van der Waals surface area (Å²) in [5.74, 6) is -3.10. The van der Waals surface area contributed by atoms with Crippen molar-refractivity contribution in [2.45, 2.75) is 169 Å². The molecule has 27 nitrogen and oxygen atoms in total. The summed E-state index contributed by atoms with van der Waals surface area (Å²) in [7, 11) is -5.13. The molecule has 2 aromatic rings. The van der Waals surface area contributed by atoms with Crippen LogP contribution in [0.25, 0.3) is 0 Å². The number of hydroxylamine groups is 2. The third-order valence-electron chi connectivity index (χ3n) is 9.64. The second-order valence-corrected chi connectivity index (χ2v) is 24.8. The number of carbonyl (C=O) groups is 7. The number of ether oxygens (including phenoxy) is 6. The number of anilines is 1. The zero-order valence-corrected chi connectivity index (χ0v) is 48.0. The molecule has 29 heteroatoms. The number of oxime groups is 1. The number of benzene rings is 1. The van der Waals surface area contributed by atoms with E-state index in [0.29, 0.717) is 10.6 Å². The van der Waals surface area contributed by atoms with Crippen LogP contribution in [0.1, 0.15) is 135 Å². The SMILES string of the molecule is CC(C)(C)OC(=O)NCCN(C(=O)OC(C)(C)C)C1=NC(c2ccc(OC[C@H](O/N=C(\C(=O)N[C@@H]3C(=O)N(OS(=O)(=O)O)C3(C)C)c3csc(NC(=O)OC(C)(C)C)n3)C(=O)OC(C)(C)C)cc2)CN1C(=O)OC(C)(C)C. The summed E-state index contributed by atoms with van der Waals surface area (Å²) in [5, 5.41) is 13.1. The minimum absolute atomic E-state index is 0.0528. The lowest BCUT2D eigenvalue weighted by molar-refractivity contribution is -0.218. The highest BCUT2D eigenvalue weighted by Crippen LogP contribution is 2.34. The van der Waals surface area contributed by atoms with Crippen molar-refractivity contribution in [2.75, 3.05) is 31.6 Å². The molecule has 2 aliphatic rings. The van der Waals surface area contributed by atoms with Gasteiger partial charge in [0, 0.05) is 18.5 Å². The van der Waals surface area contributed by atoms with Gasteiger partial charge in [-0.25, -0.2) is 43.7 Å². The van der Waals surface area contributed by atoms with E-state index in [1.807, 2.05) is 0 Å². The van der Waals surface area contributed by atoms with E-state index in [0.717, 1.165) is 16.2 Å². The van der Waals surface area contributed by atoms with E-state index in [2.05, 4.69) is 30.4 Å². The fraction of sp³-hybridized carbons (Fsp3) is 0.625. The number of nitrogens with one attached hydrogen (secondary N) is 3. The van der Waals surface area contributed by atoms with E-state index in [9.17, 15) is 46.5 Å². The number of β-lactam (4-membered cyclic amide) rings is 1. The molecule has 0 saturated carbocycles. The standard InChI is InChI=1S/C48H71N9O18S2/c1-43(2,3)69-36(60)31(74-54-32(30-26-76-37(50-30)53-40(62)71-45(7,8)9)34(58)52-33-35(59)57(48(33,16)17)75-77(65,66)67)25-68-28-20-18-27(19-21-28)29-24-56(42(64)73-47(13,14)15)38(51-29)55(41(63)72-46(10,11)12)23-22-49-39(61)70-44(4,5)6/h18-21,26,29,31,33H,22-25H2,1-17H3,(H,49,61)(H,52,58)(H,50,53,62)(H,65,66,67)/b54-32-/t29?,31-,33+/m0/s1. The van der Waals surface area contributed by atoms with Gasteiger partial charge in [0.25, 0.3) is 17.9 Å². The van der Waals surface area contributed by atoms with Crippen molar-refractivity contribution in [3.05, 3.63) is 40.9 Å². The van der Waals surface area contributed by atoms with Gasteiger partial charge in [0.1, 0.15) is 52.1 Å². The third kappa shape index (κ3) is 19.6. The molecule has 1 saturated heterocycles. The predicted molar refractivity (Wildman–Crippen MR) is 277 cm³/mol. The average Bonchev–Trinajstić information content (AvgIpc) is 3.89. The van der Waals surface area contributed by atoms with Crippen LogP contribution in [0.5, 0.6) is 5.75 Å². The van der Waals surface area contributed by atoms with Crippen LogP contribution in [0.15, 0.2) is 39.8 Å². The summed E-state index contributed by atoms with van der Waals surface area (Å²) in [4.78, 5) is 110. The normalized spacial score (nSPS) is 17.5. The molecule has 6 amide bonds. The van der Waals surface area contributed by atoms with Crippen LogP contribution in [0.2, 0.25) is 0 Å². The van der Waals surface area contributed by atoms with E-state index in [4.69, 9.17) is 38.3 Å². The molecule has 1 fully saturated rings. The maximum atomic E-state index is 14.0. The predicted octanol–water partition coefficient (Wildman–Crippen LogP) is 6.25. The number of aromatic nitrogens is 1. The Morgan fingerprint density at radius 2 is 1.39 bits per heavy atom. The van der Waals surface area contributed by atoms with Crippen molar-refractivity contribution < 1.29 is 84.1 Å². The Labute approximate surface area is 451 Å². The lowest BCUT2D eigenvalue weighted by Crippen LogP contribution is -2.76. The number of esters is 1. The smallest absolute Gasteiger partial charge is 0.418 e. The number of thiazole rings is 1. The number of amides is 6. The number of guanidine groups is 1. The van der Waals surface area contributed by atoms with Gasteiger partial charge in [-0.1, -0.05) is 17.3 Å². The van der Waals surface area contributed by atoms with Crippen LogP contribution in [-0.4, -0.2) is 159 Å². The summed E-state index contributed by atoms with van der Waals surface area (Å²) in [6.45, 7) is 26.5. The zero-order valence-electron chi connectivity index (χ0n) is 46.3. The summed E-state index contributed by atoms with van der Waals surface area (Å²) in [6, 6.07) is 4.09. The molecule has 428 valence electrons. The number of nitrogens with zero attached hydrogens (tertiary/aromatic N) is 6. The quantitative estimate of drug-likeness (QED) is 0.0360. The lowest BCUT2D eigenvalue weighted by Gasteiger charge is -2.50. The second-order valence-electron chi connectivity index (χ2n) is 22.9. The average molecular weight is 1130 g/mol. The van der Waals surface area contributed by atoms with Crippen molar-refractivity contribution in [2.24, 2.45) is 10.1 Å². The van der Waals surface area contributed by atoms with E-state index < -0.39 is 117 Å². The van der Waals surface area contributed by atoms with Crippen LogP contribution in [0.4, 0.5) is 24.3 Å². The van der Waals surface area contributed by atoms with E-state index in [1.54, 1.807) is 116 Å². The monoisotopic (exact) mass is 1130 g/mol. The molecule has 4 N–H and O–H groups in total. The first-order chi connectivity index (χ1) is 35.0. The number of carbonyl (C=O) groups excluding carboxylic acids is 7. The Morgan fingerprint density at radius 3 is 1.92 bits per heavy atom. The maximum Gasteiger partial charge on any atom is 0.418 e. The summed E-state index contributed by atoms with van der Waals surface area (Å²) < 4.78 is 70.1. The van der Waals surface area contributed by atoms with Crippen LogP contribution >= 0.6 is 11.3 Å². The number of aliphatic imine (C=N–C) groups is 1. The molecule has 2 aliphatic heterocycles. The number of alkyl carbamates (subject to hydrolysis) is 1. The molecule has 4 rings (SSSR count). The van der Waals surface area contributed by atoms with Crippen molar-refractivity contribution in [1.82, 2.24) is 30.5 Å². The second kappa shape index (κ2) is 23.8. The molecular formula is C48H71N9O18S2. The number of hydrogen-bond donors (Lipinski definition) is 4. The Kier molecular flexibility index (Phi) is 19.4. The molecule has 1 aromatic carbocycles. The summed E-state index contributed by atoms with van der Waals surface area (Å²) in [5.41, 5.74) is -6.49. The highest BCUT2D eigenvalue weighted by Gasteiger charge is 2.58. The maximum absolute atomic E-state index is 14.0. The van der Waals surface area contributed by atoms with Crippen LogP contribution in [-0.2, 0) is 57.6 Å². The van der Waals surface area contributed by atoms with E-state index >= 15 is 0 Å². The topological polar surface area (TPSA) is 331 Å². The van der Waals surface area contributed by atoms with Crippen molar-refractivity contribution >= 4 is 80.7 Å². The van der Waals surface area contributed by atoms with Gasteiger partial charge >= 0.3 is 40.7 Å². The van der Waals surface area contributed by atoms with Gasteiger partial charge in [-0.3, -0.25) is 19.5 Å². The molecule has 1 unspecified atom stereocenters. The molecular weight excluding hydrogens is 1050 g/mol. The van der Waals surface area contributed by atoms with E-state index in [1.165, 1.54) is 36.3 Å². The first kappa shape index (κ1) is 62.7. The van der Waals surface area contributed by atoms with E-state index in [-0.39, 0.29) is 42.2 Å². The minimum Gasteiger partial charge on any atom is -0.489 e. The Bertz CT molecular complexity index is 2690. The number of hydrogen-bond acceptors (Lipinski definition) is 21. The number of rotatable bonds is 16. The summed E-state index contributed by atoms with van der Waals surface area (Å²) >= 11 is 0.855. The fourth-order valence-corrected chi connectivity index (χ4v) is 7.72. The van der Waals surface area contributed by atoms with Gasteiger partial charge in [0.05, 0.1) is 18.1 Å². The van der Waals surface area contributed by atoms with Gasteiger partial charge in [0.2, 0.25) is 5.96 Å². The highest BCUT2D eigenvalue weighted by molar-refractivity contribution is 7.80. The largest absolute Gasteiger partial charge is 0.489 e. The molecule has 77 heavy (non-hydrogen) atoms. The van der Waals surface area contributed by atoms with Crippen molar-refractivity contribution in [3.63, 3.8) is 0 Å². The molecule has 1 aromatic heterocycles. The molecule has 3 atom stereocenters. The fourth-order valence-electron chi connectivity index (χ4n) is 6.59. The van der Waals surface area contributed by atoms with Gasteiger partial charge in [0.15, 0.2) is 10.8 Å². The van der Waals surface area contributed by atoms with Crippen LogP contribution in [0, 0.1) is 0 Å². The Hall–Kier alpha value is -6.85. The first-order valence-electron chi connectivity index (χ1n) is 24.0. The molecule has 0 radical (unpaired) electrons. The van der Waals surface area contributed by atoms with Gasteiger partial charge in [-0.05, 0) is 135 Å². The van der Waals surface area contributed by atoms with Crippen LogP contribution in [0.3, 0.4) is 0 Å². The van der Waals surface area contributed by atoms with Crippen LogP contribution < -0.4 is 20.7 Å². The Balaban J connectivity index is 1.66. The minimum atomic E-state index is -5.13. The lowest BCUT2D eigenvalue weighted by atomic mass is 9.84. The van der Waals surface area contributed by atoms with Gasteiger partial charge in [-0.2, -0.15) is 13.5 Å². The highest BCUT2D eigenvalue weighted by atomic mass is 32.3. The first-order valence-corrected chi connectivity index (χ1v) is 26.3. The van der Waals surface area contributed by atoms with Crippen molar-refractivity contribution in [1.29, 1.82) is 0 Å². The zero-order chi connectivity index (χ0) is 58.4. The summed E-state index contributed by atoms with van der Waals surface area (Å²) in [6.07, 6.45) is -4.97. The third-order valence-corrected chi connectivity index (χ3v) is 10.7. The van der Waals surface area contributed by atoms with Crippen molar-refractivity contribution in [3.8, 4) is 5.75 Å². The van der Waals surface area contributed by atoms with Gasteiger partial charge in [-0.15, -0.1) is 15.6 Å². The molecule has 0 aliphatic carbocycles. The molecule has 3 heterocycles. The molecule has 0 spiro atoms.